The first kappa shape index (κ1) is 18.1. The van der Waals surface area contributed by atoms with Crippen molar-refractivity contribution in [1.29, 1.82) is 0 Å². The Bertz CT molecular complexity index is 797. The quantitative estimate of drug-likeness (QED) is 0.908. The van der Waals surface area contributed by atoms with Crippen LogP contribution in [0.15, 0.2) is 42.5 Å². The molecule has 2 aromatic carbocycles. The van der Waals surface area contributed by atoms with Gasteiger partial charge in [0, 0.05) is 24.3 Å². The second-order valence-corrected chi connectivity index (χ2v) is 6.85. The maximum Gasteiger partial charge on any atom is 0.253 e. The Morgan fingerprint density at radius 2 is 1.73 bits per heavy atom. The van der Waals surface area contributed by atoms with Crippen LogP contribution in [0.1, 0.15) is 34.3 Å². The second-order valence-electron chi connectivity index (χ2n) is 6.85. The summed E-state index contributed by atoms with van der Waals surface area (Å²) in [6.07, 6.45) is 1.53. The number of piperidine rings is 1. The summed E-state index contributed by atoms with van der Waals surface area (Å²) in [6, 6.07) is 11.4. The van der Waals surface area contributed by atoms with E-state index in [1.54, 1.807) is 4.90 Å². The van der Waals surface area contributed by atoms with E-state index in [-0.39, 0.29) is 23.5 Å². The van der Waals surface area contributed by atoms with Crippen LogP contribution in [0.4, 0.5) is 10.1 Å². The fraction of sp³-hybridized carbons (Fsp3) is 0.333. The molecular formula is C21H23FN2O2. The molecule has 136 valence electrons. The van der Waals surface area contributed by atoms with Crippen molar-refractivity contribution >= 4 is 17.5 Å². The Hall–Kier alpha value is -2.69. The zero-order valence-electron chi connectivity index (χ0n) is 15.1. The molecule has 2 amide bonds. The van der Waals surface area contributed by atoms with Crippen LogP contribution in [0.5, 0.6) is 0 Å². The number of rotatable bonds is 3. The molecule has 3 rings (SSSR count). The van der Waals surface area contributed by atoms with Gasteiger partial charge in [0.15, 0.2) is 0 Å². The van der Waals surface area contributed by atoms with Crippen LogP contribution in [0, 0.1) is 25.6 Å². The molecule has 1 heterocycles. The van der Waals surface area contributed by atoms with Crippen molar-refractivity contribution in [1.82, 2.24) is 4.90 Å². The Morgan fingerprint density at radius 3 is 2.38 bits per heavy atom. The maximum absolute atomic E-state index is 13.1. The monoisotopic (exact) mass is 354 g/mol. The van der Waals surface area contributed by atoms with Gasteiger partial charge in [-0.3, -0.25) is 9.59 Å². The first-order valence-electron chi connectivity index (χ1n) is 8.87. The highest BCUT2D eigenvalue weighted by atomic mass is 19.1. The minimum absolute atomic E-state index is 0.0565. The topological polar surface area (TPSA) is 49.4 Å². The Morgan fingerprint density at radius 1 is 1.08 bits per heavy atom. The van der Waals surface area contributed by atoms with Crippen molar-refractivity contribution < 1.29 is 14.0 Å². The third kappa shape index (κ3) is 3.93. The Balaban J connectivity index is 1.69. The number of anilines is 1. The minimum Gasteiger partial charge on any atom is -0.338 e. The van der Waals surface area contributed by atoms with Gasteiger partial charge in [0.2, 0.25) is 5.91 Å². The van der Waals surface area contributed by atoms with Crippen molar-refractivity contribution in [2.24, 2.45) is 5.92 Å². The zero-order chi connectivity index (χ0) is 18.7. The van der Waals surface area contributed by atoms with Crippen molar-refractivity contribution in [2.75, 3.05) is 18.4 Å². The molecule has 5 heteroatoms. The summed E-state index contributed by atoms with van der Waals surface area (Å²) < 4.78 is 13.1. The molecule has 0 aromatic heterocycles. The van der Waals surface area contributed by atoms with E-state index in [1.807, 2.05) is 32.0 Å². The fourth-order valence-corrected chi connectivity index (χ4v) is 3.39. The number of aryl methyl sites for hydroxylation is 2. The SMILES string of the molecule is Cc1cccc(C)c1NC(=O)C1CCCN(C(=O)c2ccc(F)cc2)C1. The van der Waals surface area contributed by atoms with Crippen LogP contribution < -0.4 is 5.32 Å². The third-order valence-electron chi connectivity index (χ3n) is 4.90. The van der Waals surface area contributed by atoms with Gasteiger partial charge in [-0.05, 0) is 62.1 Å². The van der Waals surface area contributed by atoms with Gasteiger partial charge in [0.05, 0.1) is 5.92 Å². The molecule has 0 spiro atoms. The van der Waals surface area contributed by atoms with Crippen molar-refractivity contribution in [3.05, 3.63) is 65.0 Å². The number of para-hydroxylation sites is 1. The summed E-state index contributed by atoms with van der Waals surface area (Å²) in [5.74, 6) is -0.827. The number of benzene rings is 2. The summed E-state index contributed by atoms with van der Waals surface area (Å²) in [6.45, 7) is 4.93. The number of nitrogens with one attached hydrogen (secondary N) is 1. The van der Waals surface area contributed by atoms with Gasteiger partial charge in [0.25, 0.3) is 5.91 Å². The number of likely N-dealkylation sites (tertiary alicyclic amines) is 1. The molecule has 0 bridgehead atoms. The number of hydrogen-bond donors (Lipinski definition) is 1. The van der Waals surface area contributed by atoms with Gasteiger partial charge >= 0.3 is 0 Å². The maximum atomic E-state index is 13.1. The molecule has 1 unspecified atom stereocenters. The molecule has 1 saturated heterocycles. The molecule has 4 nitrogen and oxygen atoms in total. The van der Waals surface area contributed by atoms with Crippen LogP contribution in [-0.4, -0.2) is 29.8 Å². The summed E-state index contributed by atoms with van der Waals surface area (Å²) in [7, 11) is 0. The van der Waals surface area contributed by atoms with E-state index in [4.69, 9.17) is 0 Å². The highest BCUT2D eigenvalue weighted by Crippen LogP contribution is 2.24. The molecule has 0 radical (unpaired) electrons. The van der Waals surface area contributed by atoms with Crippen molar-refractivity contribution in [2.45, 2.75) is 26.7 Å². The smallest absolute Gasteiger partial charge is 0.253 e. The molecule has 26 heavy (non-hydrogen) atoms. The summed E-state index contributed by atoms with van der Waals surface area (Å²) >= 11 is 0. The third-order valence-corrected chi connectivity index (χ3v) is 4.90. The van der Waals surface area contributed by atoms with Crippen LogP contribution >= 0.6 is 0 Å². The molecule has 1 aliphatic heterocycles. The number of amides is 2. The van der Waals surface area contributed by atoms with E-state index >= 15 is 0 Å². The predicted molar refractivity (Wildman–Crippen MR) is 99.6 cm³/mol. The first-order chi connectivity index (χ1) is 12.5. The molecule has 1 fully saturated rings. The van der Waals surface area contributed by atoms with E-state index in [1.165, 1.54) is 24.3 Å². The highest BCUT2D eigenvalue weighted by Gasteiger charge is 2.29. The van der Waals surface area contributed by atoms with Crippen molar-refractivity contribution in [3.8, 4) is 0 Å². The molecule has 1 atom stereocenters. The highest BCUT2D eigenvalue weighted by molar-refractivity contribution is 5.96. The number of carbonyl (C=O) groups excluding carboxylic acids is 2. The zero-order valence-corrected chi connectivity index (χ0v) is 15.1. The Kier molecular flexibility index (Phi) is 5.35. The molecule has 0 saturated carbocycles. The van der Waals surface area contributed by atoms with Gasteiger partial charge in [-0.2, -0.15) is 0 Å². The predicted octanol–water partition coefficient (Wildman–Crippen LogP) is 3.93. The largest absolute Gasteiger partial charge is 0.338 e. The van der Waals surface area contributed by atoms with Gasteiger partial charge in [-0.1, -0.05) is 18.2 Å². The lowest BCUT2D eigenvalue weighted by molar-refractivity contribution is -0.121. The number of halogens is 1. The lowest BCUT2D eigenvalue weighted by Crippen LogP contribution is -2.43. The standard InChI is InChI=1S/C21H23FN2O2/c1-14-5-3-6-15(2)19(14)23-20(25)17-7-4-12-24(13-17)21(26)16-8-10-18(22)11-9-16/h3,5-6,8-11,17H,4,7,12-13H2,1-2H3,(H,23,25). The second kappa shape index (κ2) is 7.68. The van der Waals surface area contributed by atoms with Crippen molar-refractivity contribution in [3.63, 3.8) is 0 Å². The van der Waals surface area contributed by atoms with E-state index in [0.29, 0.717) is 18.7 Å². The number of carbonyl (C=O) groups is 2. The Labute approximate surface area is 153 Å². The summed E-state index contributed by atoms with van der Waals surface area (Å²) in [4.78, 5) is 27.0. The lowest BCUT2D eigenvalue weighted by atomic mass is 9.96. The van der Waals surface area contributed by atoms with E-state index < -0.39 is 0 Å². The summed E-state index contributed by atoms with van der Waals surface area (Å²) in [5.41, 5.74) is 3.34. The average Bonchev–Trinajstić information content (AvgIpc) is 2.65. The van der Waals surface area contributed by atoms with Gasteiger partial charge in [-0.25, -0.2) is 4.39 Å². The van der Waals surface area contributed by atoms with Crippen LogP contribution in [-0.2, 0) is 4.79 Å². The molecule has 0 aliphatic carbocycles. The lowest BCUT2D eigenvalue weighted by Gasteiger charge is -2.32. The van der Waals surface area contributed by atoms with Gasteiger partial charge in [0.1, 0.15) is 5.82 Å². The molecular weight excluding hydrogens is 331 g/mol. The van der Waals surface area contributed by atoms with Gasteiger partial charge in [-0.15, -0.1) is 0 Å². The normalized spacial score (nSPS) is 17.0. The van der Waals surface area contributed by atoms with Crippen LogP contribution in [0.3, 0.4) is 0 Å². The minimum atomic E-state index is -0.369. The molecule has 2 aromatic rings. The van der Waals surface area contributed by atoms with Crippen LogP contribution in [0.25, 0.3) is 0 Å². The average molecular weight is 354 g/mol. The van der Waals surface area contributed by atoms with E-state index in [0.717, 1.165) is 29.7 Å². The van der Waals surface area contributed by atoms with E-state index in [9.17, 15) is 14.0 Å². The fourth-order valence-electron chi connectivity index (χ4n) is 3.39. The molecule has 1 N–H and O–H groups in total. The number of hydrogen-bond acceptors (Lipinski definition) is 2. The first-order valence-corrected chi connectivity index (χ1v) is 8.87. The van der Waals surface area contributed by atoms with Crippen LogP contribution in [0.2, 0.25) is 0 Å². The van der Waals surface area contributed by atoms with E-state index in [2.05, 4.69) is 5.32 Å². The number of nitrogens with zero attached hydrogens (tertiary/aromatic N) is 1. The van der Waals surface area contributed by atoms with Gasteiger partial charge < -0.3 is 10.2 Å². The molecule has 1 aliphatic rings. The summed E-state index contributed by atoms with van der Waals surface area (Å²) in [5, 5.41) is 3.03.